The molecular weight excluding hydrogens is 230 g/mol. The van der Waals surface area contributed by atoms with Crippen molar-refractivity contribution >= 4 is 0 Å². The SMILES string of the molecule is COc1cc(-c2cc(O)c(F)c(F)c2)cnn1. The Kier molecular flexibility index (Phi) is 2.86. The number of phenolic OH excluding ortho intramolecular Hbond substituents is 1. The highest BCUT2D eigenvalue weighted by Crippen LogP contribution is 2.28. The van der Waals surface area contributed by atoms with E-state index in [4.69, 9.17) is 4.74 Å². The molecule has 0 saturated carbocycles. The van der Waals surface area contributed by atoms with E-state index >= 15 is 0 Å². The number of methoxy groups -OCH3 is 1. The third kappa shape index (κ3) is 2.15. The molecule has 0 aliphatic carbocycles. The van der Waals surface area contributed by atoms with Gasteiger partial charge in [-0.25, -0.2) is 4.39 Å². The van der Waals surface area contributed by atoms with Gasteiger partial charge in [0.05, 0.1) is 13.3 Å². The van der Waals surface area contributed by atoms with Gasteiger partial charge in [-0.3, -0.25) is 0 Å². The number of ether oxygens (including phenoxy) is 1. The Balaban J connectivity index is 2.52. The Labute approximate surface area is 95.5 Å². The number of hydrogen-bond donors (Lipinski definition) is 1. The lowest BCUT2D eigenvalue weighted by Crippen LogP contribution is -1.92. The molecule has 0 fully saturated rings. The second kappa shape index (κ2) is 4.32. The zero-order chi connectivity index (χ0) is 12.4. The van der Waals surface area contributed by atoms with E-state index in [0.29, 0.717) is 5.56 Å². The second-order valence-electron chi connectivity index (χ2n) is 3.28. The fraction of sp³-hybridized carbons (Fsp3) is 0.0909. The van der Waals surface area contributed by atoms with E-state index in [9.17, 15) is 13.9 Å². The smallest absolute Gasteiger partial charge is 0.233 e. The topological polar surface area (TPSA) is 55.2 Å². The van der Waals surface area contributed by atoms with Crippen LogP contribution in [0.15, 0.2) is 24.4 Å². The first kappa shape index (κ1) is 11.3. The van der Waals surface area contributed by atoms with Crippen molar-refractivity contribution in [3.05, 3.63) is 36.0 Å². The van der Waals surface area contributed by atoms with Gasteiger partial charge in [-0.05, 0) is 17.7 Å². The van der Waals surface area contributed by atoms with Crippen molar-refractivity contribution in [2.24, 2.45) is 0 Å². The molecule has 2 aromatic rings. The molecule has 17 heavy (non-hydrogen) atoms. The van der Waals surface area contributed by atoms with Gasteiger partial charge in [-0.1, -0.05) is 0 Å². The largest absolute Gasteiger partial charge is 0.505 e. The summed E-state index contributed by atoms with van der Waals surface area (Å²) in [5, 5.41) is 16.5. The fourth-order valence-electron chi connectivity index (χ4n) is 1.35. The van der Waals surface area contributed by atoms with Gasteiger partial charge in [-0.15, -0.1) is 5.10 Å². The van der Waals surface area contributed by atoms with Crippen LogP contribution in [-0.4, -0.2) is 22.4 Å². The second-order valence-corrected chi connectivity index (χ2v) is 3.28. The molecule has 2 rings (SSSR count). The first-order valence-electron chi connectivity index (χ1n) is 4.67. The summed E-state index contributed by atoms with van der Waals surface area (Å²) in [7, 11) is 1.41. The molecule has 0 amide bonds. The number of aromatic nitrogens is 2. The maximum Gasteiger partial charge on any atom is 0.233 e. The molecule has 0 spiro atoms. The minimum Gasteiger partial charge on any atom is -0.505 e. The normalized spacial score (nSPS) is 10.3. The van der Waals surface area contributed by atoms with Crippen molar-refractivity contribution in [3.63, 3.8) is 0 Å². The standard InChI is InChI=1S/C11H8F2N2O2/c1-17-10-4-7(5-14-15-10)6-2-8(12)11(13)9(16)3-6/h2-5,16H,1H3. The Hall–Kier alpha value is -2.24. The number of rotatable bonds is 2. The highest BCUT2D eigenvalue weighted by atomic mass is 19.2. The molecule has 0 radical (unpaired) electrons. The Morgan fingerprint density at radius 1 is 1.18 bits per heavy atom. The molecule has 1 N–H and O–H groups in total. The van der Waals surface area contributed by atoms with E-state index in [-0.39, 0.29) is 11.4 Å². The van der Waals surface area contributed by atoms with Gasteiger partial charge in [-0.2, -0.15) is 9.49 Å². The summed E-state index contributed by atoms with van der Waals surface area (Å²) in [4.78, 5) is 0. The van der Waals surface area contributed by atoms with Gasteiger partial charge in [0.25, 0.3) is 0 Å². The number of hydrogen-bond acceptors (Lipinski definition) is 4. The molecule has 0 bridgehead atoms. The van der Waals surface area contributed by atoms with E-state index in [1.165, 1.54) is 19.4 Å². The highest BCUT2D eigenvalue weighted by Gasteiger charge is 2.11. The van der Waals surface area contributed by atoms with Gasteiger partial charge in [0.15, 0.2) is 17.4 Å². The maximum atomic E-state index is 13.1. The van der Waals surface area contributed by atoms with Crippen LogP contribution in [0.1, 0.15) is 0 Å². The number of benzene rings is 1. The summed E-state index contributed by atoms with van der Waals surface area (Å²) in [6.07, 6.45) is 1.36. The highest BCUT2D eigenvalue weighted by molar-refractivity contribution is 5.65. The summed E-state index contributed by atoms with van der Waals surface area (Å²) in [6.45, 7) is 0. The van der Waals surface area contributed by atoms with Crippen LogP contribution in [0.3, 0.4) is 0 Å². The maximum absolute atomic E-state index is 13.1. The van der Waals surface area contributed by atoms with E-state index in [2.05, 4.69) is 10.2 Å². The summed E-state index contributed by atoms with van der Waals surface area (Å²) in [6, 6.07) is 3.57. The van der Waals surface area contributed by atoms with Crippen LogP contribution in [0.4, 0.5) is 8.78 Å². The lowest BCUT2D eigenvalue weighted by Gasteiger charge is -2.05. The molecule has 1 aromatic heterocycles. The first-order chi connectivity index (χ1) is 8.11. The van der Waals surface area contributed by atoms with Crippen LogP contribution in [0, 0.1) is 11.6 Å². The zero-order valence-corrected chi connectivity index (χ0v) is 8.82. The van der Waals surface area contributed by atoms with Gasteiger partial charge >= 0.3 is 0 Å². The van der Waals surface area contributed by atoms with Crippen LogP contribution in [0.2, 0.25) is 0 Å². The Morgan fingerprint density at radius 2 is 1.94 bits per heavy atom. The summed E-state index contributed by atoms with van der Waals surface area (Å²) in [5.74, 6) is -2.92. The van der Waals surface area contributed by atoms with Crippen molar-refractivity contribution in [1.29, 1.82) is 0 Å². The molecule has 1 aromatic carbocycles. The van der Waals surface area contributed by atoms with Crippen molar-refractivity contribution < 1.29 is 18.6 Å². The fourth-order valence-corrected chi connectivity index (χ4v) is 1.35. The lowest BCUT2D eigenvalue weighted by molar-refractivity contribution is 0.392. The van der Waals surface area contributed by atoms with Crippen LogP contribution < -0.4 is 4.74 Å². The molecule has 6 heteroatoms. The van der Waals surface area contributed by atoms with Crippen LogP contribution >= 0.6 is 0 Å². The van der Waals surface area contributed by atoms with E-state index in [0.717, 1.165) is 12.1 Å². The zero-order valence-electron chi connectivity index (χ0n) is 8.82. The predicted molar refractivity (Wildman–Crippen MR) is 55.6 cm³/mol. The van der Waals surface area contributed by atoms with Crippen molar-refractivity contribution in [3.8, 4) is 22.8 Å². The van der Waals surface area contributed by atoms with Gasteiger partial charge in [0, 0.05) is 11.6 Å². The van der Waals surface area contributed by atoms with E-state index in [1.807, 2.05) is 0 Å². The molecular formula is C11H8F2N2O2. The van der Waals surface area contributed by atoms with E-state index < -0.39 is 17.4 Å². The average molecular weight is 238 g/mol. The summed E-state index contributed by atoms with van der Waals surface area (Å²) in [5.41, 5.74) is 0.751. The predicted octanol–water partition coefficient (Wildman–Crippen LogP) is 2.14. The van der Waals surface area contributed by atoms with Gasteiger partial charge in [0.1, 0.15) is 0 Å². The number of nitrogens with zero attached hydrogens (tertiary/aromatic N) is 2. The molecule has 88 valence electrons. The Morgan fingerprint density at radius 3 is 2.59 bits per heavy atom. The third-order valence-electron chi connectivity index (χ3n) is 2.18. The third-order valence-corrected chi connectivity index (χ3v) is 2.18. The van der Waals surface area contributed by atoms with Crippen molar-refractivity contribution in [1.82, 2.24) is 10.2 Å². The van der Waals surface area contributed by atoms with Crippen molar-refractivity contribution in [2.75, 3.05) is 7.11 Å². The van der Waals surface area contributed by atoms with Crippen LogP contribution in [0.5, 0.6) is 11.6 Å². The molecule has 0 aliphatic heterocycles. The molecule has 0 unspecified atom stereocenters. The minimum absolute atomic E-state index is 0.242. The lowest BCUT2D eigenvalue weighted by atomic mass is 10.1. The minimum atomic E-state index is -1.28. The van der Waals surface area contributed by atoms with E-state index in [1.54, 1.807) is 0 Å². The number of halogens is 2. The molecule has 0 aliphatic rings. The summed E-state index contributed by atoms with van der Waals surface area (Å²) >= 11 is 0. The number of phenols is 1. The monoisotopic (exact) mass is 238 g/mol. The van der Waals surface area contributed by atoms with Crippen LogP contribution in [0.25, 0.3) is 11.1 Å². The Bertz CT molecular complexity index is 538. The summed E-state index contributed by atoms with van der Waals surface area (Å²) < 4.78 is 30.9. The van der Waals surface area contributed by atoms with Gasteiger partial charge in [0.2, 0.25) is 5.88 Å². The van der Waals surface area contributed by atoms with Crippen molar-refractivity contribution in [2.45, 2.75) is 0 Å². The van der Waals surface area contributed by atoms with Gasteiger partial charge < -0.3 is 9.84 Å². The molecule has 0 atom stereocenters. The molecule has 4 nitrogen and oxygen atoms in total. The quantitative estimate of drug-likeness (QED) is 0.870. The number of aromatic hydroxyl groups is 1. The first-order valence-corrected chi connectivity index (χ1v) is 4.67. The van der Waals surface area contributed by atoms with Crippen LogP contribution in [-0.2, 0) is 0 Å². The molecule has 0 saturated heterocycles. The molecule has 1 heterocycles. The average Bonchev–Trinajstić information content (AvgIpc) is 2.35.